The Morgan fingerprint density at radius 3 is 2.83 bits per heavy atom. The summed E-state index contributed by atoms with van der Waals surface area (Å²) in [5.74, 6) is 0. The molecule has 0 saturated carbocycles. The fourth-order valence-electron chi connectivity index (χ4n) is 0.630. The van der Waals surface area contributed by atoms with Gasteiger partial charge in [0.15, 0.2) is 0 Å². The van der Waals surface area contributed by atoms with E-state index in [4.69, 9.17) is 10.8 Å². The first kappa shape index (κ1) is 9.37. The molecule has 0 fully saturated rings. The van der Waals surface area contributed by atoms with E-state index >= 15 is 0 Å². The van der Waals surface area contributed by atoms with E-state index in [9.17, 15) is 0 Å². The normalized spacial score (nSPS) is 12.9. The van der Waals surface area contributed by atoms with Crippen LogP contribution in [0.2, 0.25) is 0 Å². The summed E-state index contributed by atoms with van der Waals surface area (Å²) in [7, 11) is 0. The molecule has 1 rings (SSSR count). The summed E-state index contributed by atoms with van der Waals surface area (Å²) in [6.07, 6.45) is 3.39. The first-order valence-electron chi connectivity index (χ1n) is 3.38. The third kappa shape index (κ3) is 2.13. The standard InChI is InChI=1S/C6H10N4OS/c1-12-6-8-2-5(9-10-6)4(7)3-11/h2,4,11H,3,7H2,1H3. The van der Waals surface area contributed by atoms with Crippen LogP contribution in [0.15, 0.2) is 11.4 Å². The third-order valence-corrected chi connectivity index (χ3v) is 1.87. The van der Waals surface area contributed by atoms with Crippen LogP contribution in [0.4, 0.5) is 0 Å². The van der Waals surface area contributed by atoms with Crippen molar-refractivity contribution in [1.82, 2.24) is 15.2 Å². The van der Waals surface area contributed by atoms with Gasteiger partial charge in [-0.1, -0.05) is 11.8 Å². The topological polar surface area (TPSA) is 84.9 Å². The van der Waals surface area contributed by atoms with E-state index in [0.29, 0.717) is 10.9 Å². The van der Waals surface area contributed by atoms with Crippen LogP contribution in [0.1, 0.15) is 11.7 Å². The number of hydrogen-bond acceptors (Lipinski definition) is 6. The lowest BCUT2D eigenvalue weighted by Gasteiger charge is -2.04. The van der Waals surface area contributed by atoms with E-state index in [-0.39, 0.29) is 6.61 Å². The molecule has 0 aliphatic heterocycles. The average molecular weight is 186 g/mol. The van der Waals surface area contributed by atoms with Crippen LogP contribution >= 0.6 is 11.8 Å². The van der Waals surface area contributed by atoms with Crippen molar-refractivity contribution in [2.45, 2.75) is 11.2 Å². The average Bonchev–Trinajstić information content (AvgIpc) is 2.17. The predicted molar refractivity (Wildman–Crippen MR) is 45.6 cm³/mol. The van der Waals surface area contributed by atoms with Crippen LogP contribution in [0.5, 0.6) is 0 Å². The van der Waals surface area contributed by atoms with E-state index in [1.54, 1.807) is 0 Å². The van der Waals surface area contributed by atoms with Gasteiger partial charge >= 0.3 is 0 Å². The number of aliphatic hydroxyl groups is 1. The van der Waals surface area contributed by atoms with Crippen LogP contribution < -0.4 is 5.73 Å². The summed E-state index contributed by atoms with van der Waals surface area (Å²) in [4.78, 5) is 3.96. The van der Waals surface area contributed by atoms with Crippen molar-refractivity contribution in [2.24, 2.45) is 5.73 Å². The molecule has 6 heteroatoms. The number of aromatic nitrogens is 3. The van der Waals surface area contributed by atoms with Crippen LogP contribution in [0.3, 0.4) is 0 Å². The molecule has 5 nitrogen and oxygen atoms in total. The van der Waals surface area contributed by atoms with Gasteiger partial charge in [0, 0.05) is 0 Å². The Morgan fingerprint density at radius 2 is 2.42 bits per heavy atom. The van der Waals surface area contributed by atoms with Gasteiger partial charge in [0.2, 0.25) is 5.16 Å². The summed E-state index contributed by atoms with van der Waals surface area (Å²) in [6.45, 7) is -0.144. The van der Waals surface area contributed by atoms with Gasteiger partial charge in [-0.2, -0.15) is 0 Å². The molecular weight excluding hydrogens is 176 g/mol. The Bertz CT molecular complexity index is 240. The first-order valence-corrected chi connectivity index (χ1v) is 4.60. The molecule has 0 spiro atoms. The number of hydrogen-bond donors (Lipinski definition) is 2. The number of rotatable bonds is 3. The Hall–Kier alpha value is -0.720. The van der Waals surface area contributed by atoms with Crippen molar-refractivity contribution in [3.63, 3.8) is 0 Å². The van der Waals surface area contributed by atoms with E-state index in [1.165, 1.54) is 18.0 Å². The predicted octanol–water partition coefficient (Wildman–Crippen LogP) is -0.414. The Kier molecular flexibility index (Phi) is 3.39. The summed E-state index contributed by atoms with van der Waals surface area (Å²) < 4.78 is 0. The van der Waals surface area contributed by atoms with Crippen molar-refractivity contribution in [1.29, 1.82) is 0 Å². The molecule has 0 aliphatic rings. The SMILES string of the molecule is CSc1ncc(C(N)CO)nn1. The molecule has 0 bridgehead atoms. The van der Waals surface area contributed by atoms with Crippen molar-refractivity contribution >= 4 is 11.8 Å². The molecular formula is C6H10N4OS. The molecule has 1 aromatic heterocycles. The second-order valence-corrected chi connectivity index (χ2v) is 2.93. The molecule has 0 saturated heterocycles. The van der Waals surface area contributed by atoms with Crippen LogP contribution in [0, 0.1) is 0 Å². The molecule has 0 aliphatic carbocycles. The van der Waals surface area contributed by atoms with Gasteiger partial charge in [-0.15, -0.1) is 10.2 Å². The highest BCUT2D eigenvalue weighted by molar-refractivity contribution is 7.98. The highest BCUT2D eigenvalue weighted by atomic mass is 32.2. The second kappa shape index (κ2) is 4.34. The number of aliphatic hydroxyl groups excluding tert-OH is 1. The van der Waals surface area contributed by atoms with Crippen LogP contribution in [0.25, 0.3) is 0 Å². The van der Waals surface area contributed by atoms with E-state index in [1.807, 2.05) is 6.26 Å². The highest BCUT2D eigenvalue weighted by Crippen LogP contribution is 2.07. The maximum atomic E-state index is 8.69. The number of thioether (sulfide) groups is 1. The van der Waals surface area contributed by atoms with E-state index in [2.05, 4.69) is 15.2 Å². The molecule has 66 valence electrons. The summed E-state index contributed by atoms with van der Waals surface area (Å²) in [5.41, 5.74) is 6.00. The minimum Gasteiger partial charge on any atom is -0.394 e. The molecule has 12 heavy (non-hydrogen) atoms. The fraction of sp³-hybridized carbons (Fsp3) is 0.500. The number of nitrogens with zero attached hydrogens (tertiary/aromatic N) is 3. The van der Waals surface area contributed by atoms with E-state index in [0.717, 1.165) is 0 Å². The largest absolute Gasteiger partial charge is 0.394 e. The molecule has 1 unspecified atom stereocenters. The maximum Gasteiger partial charge on any atom is 0.208 e. The third-order valence-electron chi connectivity index (χ3n) is 1.32. The minimum atomic E-state index is -0.485. The van der Waals surface area contributed by atoms with Crippen LogP contribution in [-0.4, -0.2) is 33.2 Å². The maximum absolute atomic E-state index is 8.69. The van der Waals surface area contributed by atoms with E-state index < -0.39 is 6.04 Å². The van der Waals surface area contributed by atoms with Gasteiger partial charge in [-0.3, -0.25) is 0 Å². The van der Waals surface area contributed by atoms with Gasteiger partial charge in [0.1, 0.15) is 5.69 Å². The Balaban J connectivity index is 2.77. The van der Waals surface area contributed by atoms with Crippen molar-refractivity contribution in [2.75, 3.05) is 12.9 Å². The molecule has 0 amide bonds. The zero-order valence-electron chi connectivity index (χ0n) is 6.64. The molecule has 1 heterocycles. The molecule has 0 radical (unpaired) electrons. The zero-order valence-corrected chi connectivity index (χ0v) is 7.45. The molecule has 1 aromatic rings. The van der Waals surface area contributed by atoms with Gasteiger partial charge in [-0.05, 0) is 6.26 Å². The smallest absolute Gasteiger partial charge is 0.208 e. The zero-order chi connectivity index (χ0) is 8.97. The Labute approximate surface area is 74.4 Å². The van der Waals surface area contributed by atoms with Crippen molar-refractivity contribution in [3.8, 4) is 0 Å². The molecule has 1 atom stereocenters. The number of nitrogens with two attached hydrogens (primary N) is 1. The quantitative estimate of drug-likeness (QED) is 0.624. The van der Waals surface area contributed by atoms with Crippen molar-refractivity contribution in [3.05, 3.63) is 11.9 Å². The lowest BCUT2D eigenvalue weighted by molar-refractivity contribution is 0.264. The lowest BCUT2D eigenvalue weighted by Crippen LogP contribution is -2.17. The van der Waals surface area contributed by atoms with Crippen LogP contribution in [-0.2, 0) is 0 Å². The summed E-state index contributed by atoms with van der Waals surface area (Å²) >= 11 is 1.41. The Morgan fingerprint density at radius 1 is 1.67 bits per heavy atom. The molecule has 3 N–H and O–H groups in total. The van der Waals surface area contributed by atoms with Gasteiger partial charge in [0.25, 0.3) is 0 Å². The van der Waals surface area contributed by atoms with Gasteiger partial charge < -0.3 is 10.8 Å². The highest BCUT2D eigenvalue weighted by Gasteiger charge is 2.06. The van der Waals surface area contributed by atoms with Crippen molar-refractivity contribution < 1.29 is 5.11 Å². The monoisotopic (exact) mass is 186 g/mol. The summed E-state index contributed by atoms with van der Waals surface area (Å²) in [5, 5.41) is 16.9. The lowest BCUT2D eigenvalue weighted by atomic mass is 10.2. The second-order valence-electron chi connectivity index (χ2n) is 2.16. The minimum absolute atomic E-state index is 0.144. The first-order chi connectivity index (χ1) is 5.77. The fourth-order valence-corrected chi connectivity index (χ4v) is 0.911. The molecule has 0 aromatic carbocycles. The van der Waals surface area contributed by atoms with Gasteiger partial charge in [-0.25, -0.2) is 4.98 Å². The van der Waals surface area contributed by atoms with Gasteiger partial charge in [0.05, 0.1) is 18.8 Å². The summed E-state index contributed by atoms with van der Waals surface area (Å²) in [6, 6.07) is -0.485.